The zero-order valence-electron chi connectivity index (χ0n) is 11.2. The summed E-state index contributed by atoms with van der Waals surface area (Å²) in [6.45, 7) is 3.75. The summed E-state index contributed by atoms with van der Waals surface area (Å²) in [5.74, 6) is -0.730. The molecular weight excluding hydrogens is 263 g/mol. The number of aliphatic hydroxyl groups excluding tert-OH is 1. The van der Waals surface area contributed by atoms with Gasteiger partial charge in [-0.15, -0.1) is 0 Å². The Morgan fingerprint density at radius 2 is 2.00 bits per heavy atom. The number of nitrogens with zero attached hydrogens (tertiary/aromatic N) is 3. The molecule has 6 nitrogen and oxygen atoms in total. The number of benzene rings is 1. The van der Waals surface area contributed by atoms with Gasteiger partial charge in [-0.05, 0) is 12.1 Å². The number of piperazine rings is 1. The lowest BCUT2D eigenvalue weighted by molar-refractivity contribution is 0.188. The van der Waals surface area contributed by atoms with Crippen LogP contribution in [0.25, 0.3) is 0 Å². The molecular formula is C13H19FN4O2. The molecule has 0 atom stereocenters. The van der Waals surface area contributed by atoms with Crippen molar-refractivity contribution in [3.8, 4) is 0 Å². The number of amidine groups is 1. The molecule has 0 unspecified atom stereocenters. The van der Waals surface area contributed by atoms with Gasteiger partial charge in [-0.2, -0.15) is 0 Å². The van der Waals surface area contributed by atoms with Gasteiger partial charge in [0.25, 0.3) is 0 Å². The third-order valence-electron chi connectivity index (χ3n) is 3.48. The molecule has 0 saturated carbocycles. The number of rotatable bonds is 4. The van der Waals surface area contributed by atoms with Crippen LogP contribution in [0.15, 0.2) is 23.4 Å². The van der Waals surface area contributed by atoms with E-state index >= 15 is 0 Å². The van der Waals surface area contributed by atoms with Crippen molar-refractivity contribution in [1.29, 1.82) is 0 Å². The molecule has 0 aromatic heterocycles. The van der Waals surface area contributed by atoms with Gasteiger partial charge in [0.1, 0.15) is 5.82 Å². The molecule has 2 rings (SSSR count). The van der Waals surface area contributed by atoms with Crippen molar-refractivity contribution in [2.24, 2.45) is 10.9 Å². The monoisotopic (exact) mass is 282 g/mol. The first-order valence-corrected chi connectivity index (χ1v) is 6.52. The summed E-state index contributed by atoms with van der Waals surface area (Å²) in [5.41, 5.74) is 6.33. The largest absolute Gasteiger partial charge is 0.409 e. The van der Waals surface area contributed by atoms with Crippen LogP contribution < -0.4 is 10.6 Å². The van der Waals surface area contributed by atoms with E-state index in [0.29, 0.717) is 25.3 Å². The molecule has 4 N–H and O–H groups in total. The first-order chi connectivity index (χ1) is 9.67. The zero-order valence-corrected chi connectivity index (χ0v) is 11.2. The lowest BCUT2D eigenvalue weighted by atomic mass is 10.1. The molecule has 0 aliphatic carbocycles. The van der Waals surface area contributed by atoms with Crippen LogP contribution >= 0.6 is 0 Å². The molecule has 0 bridgehead atoms. The van der Waals surface area contributed by atoms with E-state index in [1.165, 1.54) is 6.07 Å². The highest BCUT2D eigenvalue weighted by molar-refractivity contribution is 6.02. The van der Waals surface area contributed by atoms with Crippen LogP contribution in [0.1, 0.15) is 5.56 Å². The fraction of sp³-hybridized carbons (Fsp3) is 0.462. The fourth-order valence-corrected chi connectivity index (χ4v) is 2.43. The van der Waals surface area contributed by atoms with Crippen LogP contribution in [-0.2, 0) is 0 Å². The SMILES string of the molecule is NC(=NO)c1c(F)cccc1N1CCN(CCO)CC1. The summed E-state index contributed by atoms with van der Waals surface area (Å²) in [5, 5.41) is 20.6. The molecule has 1 heterocycles. The molecule has 1 aromatic rings. The predicted octanol–water partition coefficient (Wildman–Crippen LogP) is 0.0345. The number of aliphatic hydroxyl groups is 1. The van der Waals surface area contributed by atoms with E-state index in [1.54, 1.807) is 12.1 Å². The molecule has 1 aliphatic rings. The molecule has 110 valence electrons. The van der Waals surface area contributed by atoms with Crippen molar-refractivity contribution in [3.05, 3.63) is 29.6 Å². The lowest BCUT2D eigenvalue weighted by Gasteiger charge is -2.36. The highest BCUT2D eigenvalue weighted by Crippen LogP contribution is 2.24. The number of halogens is 1. The zero-order chi connectivity index (χ0) is 14.5. The van der Waals surface area contributed by atoms with Crippen molar-refractivity contribution in [1.82, 2.24) is 4.90 Å². The van der Waals surface area contributed by atoms with E-state index in [0.717, 1.165) is 13.1 Å². The molecule has 7 heteroatoms. The Balaban J connectivity index is 2.20. The predicted molar refractivity (Wildman–Crippen MR) is 74.6 cm³/mol. The van der Waals surface area contributed by atoms with Crippen molar-refractivity contribution in [3.63, 3.8) is 0 Å². The van der Waals surface area contributed by atoms with Gasteiger partial charge in [0.05, 0.1) is 17.9 Å². The van der Waals surface area contributed by atoms with E-state index in [4.69, 9.17) is 16.0 Å². The normalized spacial score (nSPS) is 17.5. The van der Waals surface area contributed by atoms with Crippen LogP contribution in [0.2, 0.25) is 0 Å². The summed E-state index contributed by atoms with van der Waals surface area (Å²) in [6, 6.07) is 4.66. The van der Waals surface area contributed by atoms with E-state index in [9.17, 15) is 4.39 Å². The Kier molecular flexibility index (Phi) is 4.75. The third kappa shape index (κ3) is 3.00. The smallest absolute Gasteiger partial charge is 0.175 e. The quantitative estimate of drug-likeness (QED) is 0.314. The van der Waals surface area contributed by atoms with E-state index in [1.807, 2.05) is 4.90 Å². The van der Waals surface area contributed by atoms with E-state index < -0.39 is 5.82 Å². The lowest BCUT2D eigenvalue weighted by Crippen LogP contribution is -2.47. The summed E-state index contributed by atoms with van der Waals surface area (Å²) in [7, 11) is 0. The Morgan fingerprint density at radius 1 is 1.30 bits per heavy atom. The Bertz CT molecular complexity index is 487. The van der Waals surface area contributed by atoms with Crippen LogP contribution in [0, 0.1) is 5.82 Å². The number of nitrogens with two attached hydrogens (primary N) is 1. The molecule has 1 fully saturated rings. The minimum Gasteiger partial charge on any atom is -0.409 e. The molecule has 0 amide bonds. The fourth-order valence-electron chi connectivity index (χ4n) is 2.43. The van der Waals surface area contributed by atoms with Crippen LogP contribution in [0.5, 0.6) is 0 Å². The van der Waals surface area contributed by atoms with Gasteiger partial charge in [0, 0.05) is 32.7 Å². The minimum atomic E-state index is -0.504. The maximum Gasteiger partial charge on any atom is 0.175 e. The van der Waals surface area contributed by atoms with Crippen molar-refractivity contribution in [2.75, 3.05) is 44.2 Å². The van der Waals surface area contributed by atoms with Gasteiger partial charge >= 0.3 is 0 Å². The number of anilines is 1. The van der Waals surface area contributed by atoms with Crippen molar-refractivity contribution < 1.29 is 14.7 Å². The maximum absolute atomic E-state index is 13.9. The van der Waals surface area contributed by atoms with Crippen molar-refractivity contribution in [2.45, 2.75) is 0 Å². The Labute approximate surface area is 116 Å². The molecule has 1 aliphatic heterocycles. The van der Waals surface area contributed by atoms with E-state index in [-0.39, 0.29) is 18.0 Å². The summed E-state index contributed by atoms with van der Waals surface area (Å²) in [4.78, 5) is 4.14. The van der Waals surface area contributed by atoms with Gasteiger partial charge in [-0.1, -0.05) is 11.2 Å². The number of oxime groups is 1. The molecule has 0 radical (unpaired) electrons. The molecule has 1 aromatic carbocycles. The maximum atomic E-state index is 13.9. The first-order valence-electron chi connectivity index (χ1n) is 6.52. The highest BCUT2D eigenvalue weighted by atomic mass is 19.1. The summed E-state index contributed by atoms with van der Waals surface area (Å²) >= 11 is 0. The second-order valence-corrected chi connectivity index (χ2v) is 4.67. The first kappa shape index (κ1) is 14.5. The average Bonchev–Trinajstić information content (AvgIpc) is 2.47. The number of β-amino-alcohol motifs (C(OH)–C–C–N with tert-alkyl or cyclic N) is 1. The van der Waals surface area contributed by atoms with Gasteiger partial charge < -0.3 is 20.9 Å². The van der Waals surface area contributed by atoms with Crippen LogP contribution in [0.3, 0.4) is 0 Å². The van der Waals surface area contributed by atoms with Gasteiger partial charge in [-0.3, -0.25) is 4.90 Å². The molecule has 1 saturated heterocycles. The Morgan fingerprint density at radius 3 is 2.60 bits per heavy atom. The number of hydrogen-bond donors (Lipinski definition) is 3. The second kappa shape index (κ2) is 6.53. The van der Waals surface area contributed by atoms with Crippen molar-refractivity contribution >= 4 is 11.5 Å². The Hall–Kier alpha value is -1.86. The van der Waals surface area contributed by atoms with Gasteiger partial charge in [0.15, 0.2) is 5.84 Å². The topological polar surface area (TPSA) is 85.3 Å². The highest BCUT2D eigenvalue weighted by Gasteiger charge is 2.22. The van der Waals surface area contributed by atoms with Gasteiger partial charge in [0.2, 0.25) is 0 Å². The van der Waals surface area contributed by atoms with E-state index in [2.05, 4.69) is 10.1 Å². The molecule has 20 heavy (non-hydrogen) atoms. The minimum absolute atomic E-state index is 0.130. The standard InChI is InChI=1S/C13H19FN4O2/c14-10-2-1-3-11(12(10)13(15)16-20)18-6-4-17(5-7-18)8-9-19/h1-3,19-20H,4-9H2,(H2,15,16). The molecule has 0 spiro atoms. The summed E-state index contributed by atoms with van der Waals surface area (Å²) in [6.07, 6.45) is 0. The second-order valence-electron chi connectivity index (χ2n) is 4.67. The number of hydrogen-bond acceptors (Lipinski definition) is 5. The summed E-state index contributed by atoms with van der Waals surface area (Å²) < 4.78 is 13.9. The average molecular weight is 282 g/mol. The van der Waals surface area contributed by atoms with Crippen LogP contribution in [0.4, 0.5) is 10.1 Å². The van der Waals surface area contributed by atoms with Crippen LogP contribution in [-0.4, -0.2) is 60.4 Å². The van der Waals surface area contributed by atoms with Gasteiger partial charge in [-0.25, -0.2) is 4.39 Å². The third-order valence-corrected chi connectivity index (χ3v) is 3.48.